The third-order valence-electron chi connectivity index (χ3n) is 7.05. The molecule has 0 radical (unpaired) electrons. The first kappa shape index (κ1) is 40.8. The number of ether oxygens (including phenoxy) is 1. The molecule has 13 nitrogen and oxygen atoms in total. The molecule has 0 atom stereocenters. The minimum absolute atomic E-state index is 0.132. The van der Waals surface area contributed by atoms with Gasteiger partial charge < -0.3 is 29.6 Å². The summed E-state index contributed by atoms with van der Waals surface area (Å²) in [6, 6.07) is 14.6. The number of esters is 2. The number of hydrogen-bond acceptors (Lipinski definition) is 11. The number of carbonyl (C=O) groups is 3. The molecule has 0 bridgehead atoms. The zero-order valence-corrected chi connectivity index (χ0v) is 27.9. The smallest absolute Gasteiger partial charge is 0.346 e. The SMILES string of the molecule is CS(=O)(=O)O.O=C(O)c1ccccc1-c1c2cc(F)c(=O)c(F)c-2oc2c(F)c(O)c(F)cc12.O=C1OC(=O)c2ccccc21.Oc1ccc(F)c(O)c1F. The van der Waals surface area contributed by atoms with Crippen molar-refractivity contribution in [2.75, 3.05) is 6.26 Å². The summed E-state index contributed by atoms with van der Waals surface area (Å²) in [5, 5.41) is 35.6. The lowest BCUT2D eigenvalue weighted by molar-refractivity contribution is 0.0442. The number of hydrogen-bond donors (Lipinski definition) is 5. The highest BCUT2D eigenvalue weighted by atomic mass is 32.2. The van der Waals surface area contributed by atoms with E-state index < -0.39 is 108 Å². The van der Waals surface area contributed by atoms with E-state index in [-0.39, 0.29) is 16.7 Å². The molecular formula is C35H20F6O13S. The minimum Gasteiger partial charge on any atom is -0.505 e. The standard InChI is InChI=1S/C20H8F4O5.C8H4O3.C6H4F2O2.CH4O3S/c21-11-5-9-13(7-3-1-2-4-8(7)20(27)28)10-6-12(22)17(26)15(24)19(10)29-18(9)14(23)16(11)25;9-7-5-3-1-2-4-6(5)8(10)11-7;7-3-1-2-4(9)5(8)6(3)10;1-5(2,3)4/h1-6,25H,(H,27,28);1-4H;1-2,9-10H;1H3,(H,2,3,4). The summed E-state index contributed by atoms with van der Waals surface area (Å²) in [7, 11) is -3.67. The molecule has 20 heteroatoms. The van der Waals surface area contributed by atoms with Gasteiger partial charge in [0.05, 0.1) is 22.9 Å². The molecule has 1 aliphatic carbocycles. The lowest BCUT2D eigenvalue weighted by Crippen LogP contribution is -2.14. The molecule has 0 saturated heterocycles. The summed E-state index contributed by atoms with van der Waals surface area (Å²) in [4.78, 5) is 44.9. The van der Waals surface area contributed by atoms with Crippen LogP contribution in [0.1, 0.15) is 31.1 Å². The summed E-state index contributed by atoms with van der Waals surface area (Å²) in [6.07, 6.45) is 0.715. The van der Waals surface area contributed by atoms with E-state index in [0.717, 1.165) is 12.1 Å². The average Bonchev–Trinajstić information content (AvgIpc) is 3.42. The van der Waals surface area contributed by atoms with Crippen molar-refractivity contribution in [2.45, 2.75) is 0 Å². The predicted octanol–water partition coefficient (Wildman–Crippen LogP) is 6.40. The maximum absolute atomic E-state index is 14.5. The van der Waals surface area contributed by atoms with Gasteiger partial charge in [0.1, 0.15) is 0 Å². The van der Waals surface area contributed by atoms with Crippen molar-refractivity contribution in [3.63, 3.8) is 0 Å². The van der Waals surface area contributed by atoms with Crippen LogP contribution in [0.2, 0.25) is 0 Å². The molecule has 0 saturated carbocycles. The molecule has 0 fully saturated rings. The van der Waals surface area contributed by atoms with Gasteiger partial charge in [-0.15, -0.1) is 0 Å². The first-order valence-corrected chi connectivity index (χ1v) is 16.4. The van der Waals surface area contributed by atoms with E-state index >= 15 is 0 Å². The number of halogens is 6. The van der Waals surface area contributed by atoms with Crippen LogP contribution in [-0.2, 0) is 14.9 Å². The Kier molecular flexibility index (Phi) is 11.9. The van der Waals surface area contributed by atoms with Crippen LogP contribution in [0.3, 0.4) is 0 Å². The molecular weight excluding hydrogens is 774 g/mol. The fraction of sp³-hybridized carbons (Fsp3) is 0.0286. The van der Waals surface area contributed by atoms with Crippen molar-refractivity contribution >= 4 is 39.0 Å². The number of cyclic esters (lactones) is 2. The monoisotopic (exact) mass is 794 g/mol. The fourth-order valence-electron chi connectivity index (χ4n) is 4.73. The number of carboxylic acids is 1. The Bertz CT molecular complexity index is 2590. The van der Waals surface area contributed by atoms with Crippen molar-refractivity contribution in [3.8, 4) is 39.7 Å². The Labute approximate surface area is 302 Å². The van der Waals surface area contributed by atoms with E-state index in [0.29, 0.717) is 29.5 Å². The van der Waals surface area contributed by atoms with Gasteiger partial charge in [-0.05, 0) is 48.0 Å². The highest BCUT2D eigenvalue weighted by Crippen LogP contribution is 2.44. The molecule has 2 aliphatic heterocycles. The summed E-state index contributed by atoms with van der Waals surface area (Å²) >= 11 is 0. The molecule has 0 unspecified atom stereocenters. The largest absolute Gasteiger partial charge is 0.505 e. The maximum atomic E-state index is 14.5. The Balaban J connectivity index is 0.000000209. The topological polar surface area (TPSA) is 226 Å². The Hall–Kier alpha value is -6.93. The second-order valence-corrected chi connectivity index (χ2v) is 12.3. The zero-order chi connectivity index (χ0) is 41.1. The van der Waals surface area contributed by atoms with Gasteiger partial charge in [-0.25, -0.2) is 27.6 Å². The molecule has 286 valence electrons. The van der Waals surface area contributed by atoms with E-state index in [1.807, 2.05) is 0 Å². The number of aromatic hydroxyl groups is 3. The van der Waals surface area contributed by atoms with E-state index in [4.69, 9.17) is 19.2 Å². The van der Waals surface area contributed by atoms with Gasteiger partial charge in [0.25, 0.3) is 15.5 Å². The number of benzene rings is 5. The van der Waals surface area contributed by atoms with Crippen LogP contribution in [0, 0.1) is 34.9 Å². The van der Waals surface area contributed by atoms with Gasteiger partial charge in [0.15, 0.2) is 46.0 Å². The van der Waals surface area contributed by atoms with Crippen LogP contribution in [0.15, 0.2) is 82.0 Å². The molecule has 3 aliphatic rings. The Morgan fingerprint density at radius 2 is 1.16 bits per heavy atom. The molecule has 4 aromatic rings. The van der Waals surface area contributed by atoms with Crippen LogP contribution in [0.5, 0.6) is 17.2 Å². The third kappa shape index (κ3) is 8.83. The molecule has 2 heterocycles. The first-order valence-electron chi connectivity index (χ1n) is 14.6. The summed E-state index contributed by atoms with van der Waals surface area (Å²) in [6.45, 7) is 0. The summed E-state index contributed by atoms with van der Waals surface area (Å²) in [5.74, 6) is -15.3. The third-order valence-corrected chi connectivity index (χ3v) is 7.05. The summed E-state index contributed by atoms with van der Waals surface area (Å²) < 4.78 is 117. The van der Waals surface area contributed by atoms with Crippen LogP contribution < -0.4 is 5.43 Å². The lowest BCUT2D eigenvalue weighted by atomic mass is 9.90. The van der Waals surface area contributed by atoms with E-state index in [1.165, 1.54) is 24.3 Å². The highest BCUT2D eigenvalue weighted by Gasteiger charge is 2.30. The number of carboxylic acid groups (broad SMARTS) is 1. The second-order valence-electron chi connectivity index (χ2n) is 10.8. The molecule has 5 N–H and O–H groups in total. The number of phenolic OH excluding ortho intramolecular Hbond substituents is 3. The van der Waals surface area contributed by atoms with E-state index in [1.54, 1.807) is 24.3 Å². The quantitative estimate of drug-likeness (QED) is 0.0421. The molecule has 4 aromatic carbocycles. The fourth-order valence-corrected chi connectivity index (χ4v) is 4.73. The number of fused-ring (bicyclic) bond motifs is 3. The number of rotatable bonds is 2. The van der Waals surface area contributed by atoms with Gasteiger partial charge in [0, 0.05) is 16.5 Å². The number of phenols is 3. The average molecular weight is 795 g/mol. The predicted molar refractivity (Wildman–Crippen MR) is 176 cm³/mol. The van der Waals surface area contributed by atoms with Crippen molar-refractivity contribution in [1.29, 1.82) is 0 Å². The molecule has 0 aromatic heterocycles. The van der Waals surface area contributed by atoms with Crippen molar-refractivity contribution < 1.29 is 83.3 Å². The number of aromatic carboxylic acids is 1. The van der Waals surface area contributed by atoms with Gasteiger partial charge in [0.2, 0.25) is 17.5 Å². The maximum Gasteiger partial charge on any atom is 0.346 e. The first-order chi connectivity index (χ1) is 25.6. The van der Waals surface area contributed by atoms with Crippen LogP contribution in [-0.4, -0.2) is 57.6 Å². The normalized spacial score (nSPS) is 11.7. The molecule has 7 rings (SSSR count). The molecule has 0 amide bonds. The van der Waals surface area contributed by atoms with Gasteiger partial charge in [-0.1, -0.05) is 30.3 Å². The zero-order valence-electron chi connectivity index (χ0n) is 27.1. The lowest BCUT2D eigenvalue weighted by Gasteiger charge is -2.17. The van der Waals surface area contributed by atoms with Gasteiger partial charge in [-0.3, -0.25) is 9.35 Å². The molecule has 0 spiro atoms. The van der Waals surface area contributed by atoms with Crippen LogP contribution in [0.25, 0.3) is 33.4 Å². The van der Waals surface area contributed by atoms with Crippen molar-refractivity contribution in [2.24, 2.45) is 0 Å². The highest BCUT2D eigenvalue weighted by molar-refractivity contribution is 7.85. The molecule has 55 heavy (non-hydrogen) atoms. The van der Waals surface area contributed by atoms with Crippen molar-refractivity contribution in [3.05, 3.63) is 135 Å². The second kappa shape index (κ2) is 16.0. The van der Waals surface area contributed by atoms with E-state index in [9.17, 15) is 64.2 Å². The Morgan fingerprint density at radius 1 is 0.655 bits per heavy atom. The minimum atomic E-state index is -3.67. The number of carbonyl (C=O) groups excluding carboxylic acids is 2. The van der Waals surface area contributed by atoms with Crippen molar-refractivity contribution in [1.82, 2.24) is 0 Å². The van der Waals surface area contributed by atoms with Gasteiger partial charge in [-0.2, -0.15) is 21.6 Å². The Morgan fingerprint density at radius 3 is 1.69 bits per heavy atom. The summed E-state index contributed by atoms with van der Waals surface area (Å²) in [5.41, 5.74) is -2.92. The van der Waals surface area contributed by atoms with Gasteiger partial charge >= 0.3 is 17.9 Å². The van der Waals surface area contributed by atoms with Crippen LogP contribution in [0.4, 0.5) is 26.3 Å². The van der Waals surface area contributed by atoms with E-state index in [2.05, 4.69) is 4.74 Å². The van der Waals surface area contributed by atoms with Crippen LogP contribution >= 0.6 is 0 Å².